The molecule has 1 saturated heterocycles. The predicted octanol–water partition coefficient (Wildman–Crippen LogP) is 2.23. The van der Waals surface area contributed by atoms with Crippen LogP contribution >= 0.6 is 23.2 Å². The van der Waals surface area contributed by atoms with Crippen LogP contribution in [0.4, 0.5) is 5.69 Å². The number of carbonyl (C=O) groups excluding carboxylic acids is 1. The molecule has 0 unspecified atom stereocenters. The van der Waals surface area contributed by atoms with Crippen molar-refractivity contribution in [3.05, 3.63) is 28.2 Å². The van der Waals surface area contributed by atoms with Gasteiger partial charge in [-0.15, -0.1) is 0 Å². The number of carbonyl (C=O) groups is 1. The topological polar surface area (TPSA) is 44.4 Å². The Balaban J connectivity index is 1.96. The van der Waals surface area contributed by atoms with Gasteiger partial charge >= 0.3 is 0 Å². The standard InChI is InChI=1S/C13H17Cl2N3O/c1-2-18(9-6-16-7-9)8-12(19)17-13-10(14)4-3-5-11(13)15/h3-5,9,16H,2,6-8H2,1H3,(H,17,19). The summed E-state index contributed by atoms with van der Waals surface area (Å²) in [4.78, 5) is 14.2. The first kappa shape index (κ1) is 14.6. The van der Waals surface area contributed by atoms with E-state index in [-0.39, 0.29) is 5.91 Å². The second kappa shape index (κ2) is 6.57. The largest absolute Gasteiger partial charge is 0.322 e. The third-order valence-corrected chi connectivity index (χ3v) is 3.89. The molecule has 0 aliphatic carbocycles. The van der Waals surface area contributed by atoms with Gasteiger partial charge < -0.3 is 10.6 Å². The number of hydrogen-bond acceptors (Lipinski definition) is 3. The Morgan fingerprint density at radius 3 is 2.53 bits per heavy atom. The van der Waals surface area contributed by atoms with Crippen LogP contribution in [0.15, 0.2) is 18.2 Å². The second-order valence-electron chi connectivity index (χ2n) is 4.52. The summed E-state index contributed by atoms with van der Waals surface area (Å²) in [5.74, 6) is -0.0938. The first-order valence-electron chi connectivity index (χ1n) is 6.30. The minimum absolute atomic E-state index is 0.0938. The molecule has 1 aliphatic rings. The Bertz CT molecular complexity index is 443. The lowest BCUT2D eigenvalue weighted by Gasteiger charge is -2.37. The highest BCUT2D eigenvalue weighted by molar-refractivity contribution is 6.39. The molecule has 4 nitrogen and oxygen atoms in total. The lowest BCUT2D eigenvalue weighted by Crippen LogP contribution is -2.58. The quantitative estimate of drug-likeness (QED) is 0.876. The molecule has 2 rings (SSSR count). The number of amides is 1. The van der Waals surface area contributed by atoms with E-state index in [0.29, 0.717) is 28.3 Å². The van der Waals surface area contributed by atoms with Crippen LogP contribution < -0.4 is 10.6 Å². The molecule has 0 saturated carbocycles. The van der Waals surface area contributed by atoms with E-state index in [1.807, 2.05) is 6.92 Å². The number of halogens is 2. The van der Waals surface area contributed by atoms with Crippen molar-refractivity contribution in [2.45, 2.75) is 13.0 Å². The zero-order chi connectivity index (χ0) is 13.8. The molecule has 0 atom stereocenters. The summed E-state index contributed by atoms with van der Waals surface area (Å²) < 4.78 is 0. The summed E-state index contributed by atoms with van der Waals surface area (Å²) in [5, 5.41) is 6.89. The second-order valence-corrected chi connectivity index (χ2v) is 5.33. The monoisotopic (exact) mass is 301 g/mol. The molecule has 0 aromatic heterocycles. The molecular formula is C13H17Cl2N3O. The lowest BCUT2D eigenvalue weighted by atomic mass is 10.1. The van der Waals surface area contributed by atoms with Gasteiger partial charge in [0.25, 0.3) is 0 Å². The van der Waals surface area contributed by atoms with Crippen molar-refractivity contribution in [1.82, 2.24) is 10.2 Å². The van der Waals surface area contributed by atoms with Crippen LogP contribution in [0.1, 0.15) is 6.92 Å². The molecule has 2 N–H and O–H groups in total. The van der Waals surface area contributed by atoms with E-state index < -0.39 is 0 Å². The minimum Gasteiger partial charge on any atom is -0.322 e. The van der Waals surface area contributed by atoms with Gasteiger partial charge in [0.05, 0.1) is 22.3 Å². The number of anilines is 1. The fourth-order valence-electron chi connectivity index (χ4n) is 2.01. The highest BCUT2D eigenvalue weighted by atomic mass is 35.5. The van der Waals surface area contributed by atoms with E-state index in [4.69, 9.17) is 23.2 Å². The molecule has 1 aliphatic heterocycles. The summed E-state index contributed by atoms with van der Waals surface area (Å²) in [6.45, 7) is 5.12. The van der Waals surface area contributed by atoms with E-state index in [1.54, 1.807) is 18.2 Å². The van der Waals surface area contributed by atoms with Gasteiger partial charge in [0.1, 0.15) is 0 Å². The number of nitrogens with zero attached hydrogens (tertiary/aromatic N) is 1. The number of para-hydroxylation sites is 1. The van der Waals surface area contributed by atoms with Gasteiger partial charge in [-0.3, -0.25) is 9.69 Å². The number of likely N-dealkylation sites (N-methyl/N-ethyl adjacent to an activating group) is 1. The highest BCUT2D eigenvalue weighted by Gasteiger charge is 2.25. The zero-order valence-corrected chi connectivity index (χ0v) is 12.3. The molecule has 104 valence electrons. The molecule has 6 heteroatoms. The van der Waals surface area contributed by atoms with Crippen LogP contribution in [0.2, 0.25) is 10.0 Å². The normalized spacial score (nSPS) is 15.4. The number of nitrogens with one attached hydrogen (secondary N) is 2. The van der Waals surface area contributed by atoms with Gasteiger partial charge in [-0.1, -0.05) is 36.2 Å². The number of benzene rings is 1. The van der Waals surface area contributed by atoms with E-state index in [0.717, 1.165) is 19.6 Å². The third-order valence-electron chi connectivity index (χ3n) is 3.26. The van der Waals surface area contributed by atoms with Gasteiger partial charge in [-0.25, -0.2) is 0 Å². The Hall–Kier alpha value is -0.810. The van der Waals surface area contributed by atoms with E-state index >= 15 is 0 Å². The molecule has 1 heterocycles. The van der Waals surface area contributed by atoms with Crippen LogP contribution in [-0.4, -0.2) is 43.0 Å². The first-order chi connectivity index (χ1) is 9.11. The van der Waals surface area contributed by atoms with Crippen molar-refractivity contribution >= 4 is 34.8 Å². The van der Waals surface area contributed by atoms with Gasteiger partial charge in [-0.2, -0.15) is 0 Å². The summed E-state index contributed by atoms with van der Waals surface area (Å²) >= 11 is 12.0. The summed E-state index contributed by atoms with van der Waals surface area (Å²) in [6.07, 6.45) is 0. The Labute approximate surface area is 123 Å². The molecule has 1 aromatic carbocycles. The van der Waals surface area contributed by atoms with Crippen LogP contribution in [0.25, 0.3) is 0 Å². The zero-order valence-electron chi connectivity index (χ0n) is 10.7. The fraction of sp³-hybridized carbons (Fsp3) is 0.462. The molecule has 0 radical (unpaired) electrons. The van der Waals surface area contributed by atoms with Crippen molar-refractivity contribution in [2.75, 3.05) is 31.5 Å². The smallest absolute Gasteiger partial charge is 0.238 e. The summed E-state index contributed by atoms with van der Waals surface area (Å²) in [5.41, 5.74) is 0.485. The molecular weight excluding hydrogens is 285 g/mol. The fourth-order valence-corrected chi connectivity index (χ4v) is 2.50. The molecule has 1 aromatic rings. The highest BCUT2D eigenvalue weighted by Crippen LogP contribution is 2.29. The van der Waals surface area contributed by atoms with Gasteiger partial charge in [0, 0.05) is 19.1 Å². The maximum Gasteiger partial charge on any atom is 0.238 e. The van der Waals surface area contributed by atoms with Crippen LogP contribution in [0.3, 0.4) is 0 Å². The van der Waals surface area contributed by atoms with Crippen molar-refractivity contribution in [2.24, 2.45) is 0 Å². The predicted molar refractivity (Wildman–Crippen MR) is 79.0 cm³/mol. The number of hydrogen-bond donors (Lipinski definition) is 2. The number of rotatable bonds is 5. The molecule has 0 spiro atoms. The summed E-state index contributed by atoms with van der Waals surface area (Å²) in [7, 11) is 0. The maximum atomic E-state index is 12.0. The van der Waals surface area contributed by atoms with E-state index in [9.17, 15) is 4.79 Å². The van der Waals surface area contributed by atoms with Gasteiger partial charge in [0.2, 0.25) is 5.91 Å². The Morgan fingerprint density at radius 2 is 2.05 bits per heavy atom. The van der Waals surface area contributed by atoms with Crippen LogP contribution in [0.5, 0.6) is 0 Å². The Kier molecular flexibility index (Phi) is 5.05. The first-order valence-corrected chi connectivity index (χ1v) is 7.06. The van der Waals surface area contributed by atoms with Crippen molar-refractivity contribution in [1.29, 1.82) is 0 Å². The summed E-state index contributed by atoms with van der Waals surface area (Å²) in [6, 6.07) is 5.60. The SMILES string of the molecule is CCN(CC(=O)Nc1c(Cl)cccc1Cl)C1CNC1. The van der Waals surface area contributed by atoms with E-state index in [1.165, 1.54) is 0 Å². The van der Waals surface area contributed by atoms with Crippen molar-refractivity contribution < 1.29 is 4.79 Å². The van der Waals surface area contributed by atoms with E-state index in [2.05, 4.69) is 15.5 Å². The van der Waals surface area contributed by atoms with Crippen LogP contribution in [0, 0.1) is 0 Å². The lowest BCUT2D eigenvalue weighted by molar-refractivity contribution is -0.118. The average molecular weight is 302 g/mol. The van der Waals surface area contributed by atoms with Gasteiger partial charge in [0.15, 0.2) is 0 Å². The maximum absolute atomic E-state index is 12.0. The van der Waals surface area contributed by atoms with Crippen molar-refractivity contribution in [3.8, 4) is 0 Å². The average Bonchev–Trinajstić information content (AvgIpc) is 2.31. The molecule has 0 bridgehead atoms. The minimum atomic E-state index is -0.0938. The molecule has 1 amide bonds. The van der Waals surface area contributed by atoms with Gasteiger partial charge in [-0.05, 0) is 18.7 Å². The van der Waals surface area contributed by atoms with Crippen LogP contribution in [-0.2, 0) is 4.79 Å². The molecule has 1 fully saturated rings. The Morgan fingerprint density at radius 1 is 1.42 bits per heavy atom. The third kappa shape index (κ3) is 3.60. The van der Waals surface area contributed by atoms with Crippen molar-refractivity contribution in [3.63, 3.8) is 0 Å². The molecule has 19 heavy (non-hydrogen) atoms.